The fraction of sp³-hybridized carbons (Fsp3) is 0.667. The van der Waals surface area contributed by atoms with Gasteiger partial charge in [0.1, 0.15) is 6.61 Å². The molecule has 0 aliphatic carbocycles. The number of hydrogen-bond donors (Lipinski definition) is 0. The molecule has 8 heavy (non-hydrogen) atoms. The molecule has 0 aromatic heterocycles. The van der Waals surface area contributed by atoms with Crippen LogP contribution in [0, 0.1) is 0 Å². The maximum atomic E-state index is 5.74. The fourth-order valence-electron chi connectivity index (χ4n) is 0.257. The maximum Gasteiger partial charge on any atom is 0.106 e. The minimum absolute atomic E-state index is 0.270. The van der Waals surface area contributed by atoms with E-state index in [1.54, 1.807) is 0 Å². The highest BCUT2D eigenvalue weighted by Crippen LogP contribution is 2.11. The van der Waals surface area contributed by atoms with Crippen LogP contribution in [0.4, 0.5) is 0 Å². The molecule has 0 saturated heterocycles. The predicted molar refractivity (Wildman–Crippen MR) is 36.1 cm³/mol. The van der Waals surface area contributed by atoms with Crippen molar-refractivity contribution in [2.75, 3.05) is 6.61 Å². The lowest BCUT2D eigenvalue weighted by molar-refractivity contribution is 0.224. The van der Waals surface area contributed by atoms with Crippen LogP contribution in [0.25, 0.3) is 0 Å². The molecular weight excluding hydrogens is 124 g/mol. The molecule has 0 aromatic rings. The Kier molecular flexibility index (Phi) is 2.91. The van der Waals surface area contributed by atoms with Crippen LogP contribution >= 0.6 is 11.6 Å². The highest BCUT2D eigenvalue weighted by Gasteiger charge is 2.11. The Hall–Kier alpha value is -0.170. The lowest BCUT2D eigenvalue weighted by Crippen LogP contribution is -2.16. The molecule has 0 bridgehead atoms. The number of alkyl halides is 1. The van der Waals surface area contributed by atoms with Crippen LogP contribution in [0.3, 0.4) is 0 Å². The molecule has 2 heteroatoms. The second-order valence-corrected chi connectivity index (χ2v) is 3.22. The van der Waals surface area contributed by atoms with Crippen LogP contribution in [-0.2, 0) is 4.74 Å². The van der Waals surface area contributed by atoms with Gasteiger partial charge in [-0.05, 0) is 13.8 Å². The second kappa shape index (κ2) is 2.98. The normalized spacial score (nSPS) is 10.9. The van der Waals surface area contributed by atoms with Crippen molar-refractivity contribution in [1.82, 2.24) is 0 Å². The summed E-state index contributed by atoms with van der Waals surface area (Å²) in [5.74, 6) is 0. The average Bonchev–Trinajstić information content (AvgIpc) is 1.59. The van der Waals surface area contributed by atoms with Gasteiger partial charge in [-0.15, -0.1) is 11.6 Å². The summed E-state index contributed by atoms with van der Waals surface area (Å²) in [6.45, 7) is 7.67. The van der Waals surface area contributed by atoms with Gasteiger partial charge >= 0.3 is 0 Å². The Labute approximate surface area is 55.3 Å². The van der Waals surface area contributed by atoms with E-state index in [9.17, 15) is 0 Å². The summed E-state index contributed by atoms with van der Waals surface area (Å²) in [5.41, 5.74) is 0. The van der Waals surface area contributed by atoms with E-state index >= 15 is 0 Å². The highest BCUT2D eigenvalue weighted by atomic mass is 35.5. The van der Waals surface area contributed by atoms with Gasteiger partial charge in [0.15, 0.2) is 0 Å². The summed E-state index contributed by atoms with van der Waals surface area (Å²) < 4.78 is 4.83. The van der Waals surface area contributed by atoms with Gasteiger partial charge in [-0.1, -0.05) is 6.58 Å². The number of rotatable bonds is 3. The van der Waals surface area contributed by atoms with Gasteiger partial charge in [0.05, 0.1) is 11.1 Å². The molecule has 0 saturated carbocycles. The van der Waals surface area contributed by atoms with Gasteiger partial charge in [0.25, 0.3) is 0 Å². The zero-order valence-electron chi connectivity index (χ0n) is 5.28. The van der Waals surface area contributed by atoms with Crippen molar-refractivity contribution in [3.63, 3.8) is 0 Å². The number of hydrogen-bond acceptors (Lipinski definition) is 1. The molecular formula is C6H11ClO. The largest absolute Gasteiger partial charge is 0.500 e. The van der Waals surface area contributed by atoms with Crippen LogP contribution < -0.4 is 0 Å². The van der Waals surface area contributed by atoms with Crippen molar-refractivity contribution in [3.05, 3.63) is 12.8 Å². The third-order valence-electron chi connectivity index (χ3n) is 0.544. The second-order valence-electron chi connectivity index (χ2n) is 2.20. The molecule has 0 unspecified atom stereocenters. The molecule has 0 radical (unpaired) electrons. The molecule has 0 amide bonds. The number of halogens is 1. The topological polar surface area (TPSA) is 9.23 Å². The molecule has 1 nitrogen and oxygen atoms in total. The molecule has 48 valence electrons. The molecule has 0 N–H and O–H groups in total. The van der Waals surface area contributed by atoms with E-state index in [1.807, 2.05) is 13.8 Å². The number of ether oxygens (including phenoxy) is 1. The van der Waals surface area contributed by atoms with Crippen LogP contribution in [0.1, 0.15) is 13.8 Å². The Morgan fingerprint density at radius 3 is 2.38 bits per heavy atom. The van der Waals surface area contributed by atoms with Gasteiger partial charge in [-0.2, -0.15) is 0 Å². The SMILES string of the molecule is C=COCC(C)(C)Cl. The van der Waals surface area contributed by atoms with E-state index in [0.29, 0.717) is 6.61 Å². The summed E-state index contributed by atoms with van der Waals surface area (Å²) in [4.78, 5) is -0.270. The monoisotopic (exact) mass is 134 g/mol. The van der Waals surface area contributed by atoms with Gasteiger partial charge in [-0.3, -0.25) is 0 Å². The quantitative estimate of drug-likeness (QED) is 0.425. The summed E-state index contributed by atoms with van der Waals surface area (Å²) in [7, 11) is 0. The first kappa shape index (κ1) is 7.83. The summed E-state index contributed by atoms with van der Waals surface area (Å²) >= 11 is 5.74. The van der Waals surface area contributed by atoms with Gasteiger partial charge in [-0.25, -0.2) is 0 Å². The summed E-state index contributed by atoms with van der Waals surface area (Å²) in [6, 6.07) is 0. The summed E-state index contributed by atoms with van der Waals surface area (Å²) in [5, 5.41) is 0. The lowest BCUT2D eigenvalue weighted by Gasteiger charge is -2.13. The molecule has 0 aliphatic heterocycles. The van der Waals surface area contributed by atoms with Crippen molar-refractivity contribution in [3.8, 4) is 0 Å². The predicted octanol–water partition coefficient (Wildman–Crippen LogP) is 2.16. The third-order valence-corrected chi connectivity index (χ3v) is 0.654. The first-order chi connectivity index (χ1) is 3.56. The van der Waals surface area contributed by atoms with Crippen molar-refractivity contribution in [2.24, 2.45) is 0 Å². The van der Waals surface area contributed by atoms with Gasteiger partial charge in [0, 0.05) is 0 Å². The smallest absolute Gasteiger partial charge is 0.106 e. The first-order valence-corrected chi connectivity index (χ1v) is 2.85. The van der Waals surface area contributed by atoms with E-state index in [2.05, 4.69) is 6.58 Å². The van der Waals surface area contributed by atoms with Crippen molar-refractivity contribution in [1.29, 1.82) is 0 Å². The molecule has 0 fully saturated rings. The van der Waals surface area contributed by atoms with E-state index < -0.39 is 0 Å². The van der Waals surface area contributed by atoms with Gasteiger partial charge in [0.2, 0.25) is 0 Å². The maximum absolute atomic E-state index is 5.74. The minimum Gasteiger partial charge on any atom is -0.500 e. The Bertz CT molecular complexity index is 73.1. The Balaban J connectivity index is 3.24. The van der Waals surface area contributed by atoms with Crippen molar-refractivity contribution < 1.29 is 4.74 Å². The van der Waals surface area contributed by atoms with Gasteiger partial charge < -0.3 is 4.74 Å². The van der Waals surface area contributed by atoms with E-state index in [0.717, 1.165) is 0 Å². The van der Waals surface area contributed by atoms with Crippen LogP contribution in [-0.4, -0.2) is 11.5 Å². The molecule has 0 aromatic carbocycles. The summed E-state index contributed by atoms with van der Waals surface area (Å²) in [6.07, 6.45) is 1.39. The molecule has 0 atom stereocenters. The zero-order chi connectivity index (χ0) is 6.62. The van der Waals surface area contributed by atoms with Crippen molar-refractivity contribution >= 4 is 11.6 Å². The molecule has 0 rings (SSSR count). The zero-order valence-corrected chi connectivity index (χ0v) is 6.03. The van der Waals surface area contributed by atoms with Crippen LogP contribution in [0.5, 0.6) is 0 Å². The highest BCUT2D eigenvalue weighted by molar-refractivity contribution is 6.23. The van der Waals surface area contributed by atoms with E-state index in [1.165, 1.54) is 6.26 Å². The Morgan fingerprint density at radius 2 is 2.25 bits per heavy atom. The van der Waals surface area contributed by atoms with Crippen LogP contribution in [0.15, 0.2) is 12.8 Å². The first-order valence-electron chi connectivity index (χ1n) is 2.48. The van der Waals surface area contributed by atoms with E-state index in [4.69, 9.17) is 16.3 Å². The Morgan fingerprint density at radius 1 is 1.75 bits per heavy atom. The molecule has 0 spiro atoms. The van der Waals surface area contributed by atoms with E-state index in [-0.39, 0.29) is 4.87 Å². The average molecular weight is 135 g/mol. The fourth-order valence-corrected chi connectivity index (χ4v) is 0.320. The third kappa shape index (κ3) is 5.83. The standard InChI is InChI=1S/C6H11ClO/c1-4-8-5-6(2,3)7/h4H,1,5H2,2-3H3. The van der Waals surface area contributed by atoms with Crippen molar-refractivity contribution in [2.45, 2.75) is 18.7 Å². The molecule has 0 aliphatic rings. The van der Waals surface area contributed by atoms with Crippen LogP contribution in [0.2, 0.25) is 0 Å². The lowest BCUT2D eigenvalue weighted by atomic mass is 10.2. The minimum atomic E-state index is -0.270. The molecule has 0 heterocycles.